The van der Waals surface area contributed by atoms with E-state index in [1.54, 1.807) is 11.8 Å². The van der Waals surface area contributed by atoms with Crippen LogP contribution in [-0.4, -0.2) is 54.1 Å². The summed E-state index contributed by atoms with van der Waals surface area (Å²) in [6.45, 7) is 1.07. The number of carboxylic acids is 1. The lowest BCUT2D eigenvalue weighted by Crippen LogP contribution is -2.51. The number of hydrogen-bond acceptors (Lipinski definition) is 4. The zero-order valence-corrected chi connectivity index (χ0v) is 12.6. The van der Waals surface area contributed by atoms with Crippen LogP contribution in [-0.2, 0) is 9.53 Å². The molecule has 6 nitrogen and oxygen atoms in total. The minimum Gasteiger partial charge on any atom is -0.481 e. The average Bonchev–Trinajstić information content (AvgIpc) is 2.47. The summed E-state index contributed by atoms with van der Waals surface area (Å²) in [6.07, 6.45) is 1.85. The topological polar surface area (TPSA) is 78.9 Å². The molecule has 114 valence electrons. The van der Waals surface area contributed by atoms with Crippen molar-refractivity contribution in [3.8, 4) is 0 Å². The maximum Gasteiger partial charge on any atom is 0.322 e. The van der Waals surface area contributed by atoms with Gasteiger partial charge in [0.2, 0.25) is 0 Å². The normalized spacial score (nSPS) is 18.3. The number of hydrogen-bond donors (Lipinski definition) is 2. The van der Waals surface area contributed by atoms with Gasteiger partial charge in [-0.25, -0.2) is 4.79 Å². The maximum absolute atomic E-state index is 12.3. The van der Waals surface area contributed by atoms with Gasteiger partial charge in [0.1, 0.15) is 0 Å². The van der Waals surface area contributed by atoms with Gasteiger partial charge in [-0.1, -0.05) is 6.07 Å². The lowest BCUT2D eigenvalue weighted by atomic mass is 10.1. The number of amides is 2. The van der Waals surface area contributed by atoms with E-state index >= 15 is 0 Å². The van der Waals surface area contributed by atoms with Crippen molar-refractivity contribution in [3.63, 3.8) is 0 Å². The van der Waals surface area contributed by atoms with Gasteiger partial charge in [0.25, 0.3) is 0 Å². The molecule has 0 aromatic heterocycles. The minimum absolute atomic E-state index is 0.113. The van der Waals surface area contributed by atoms with Crippen molar-refractivity contribution < 1.29 is 19.4 Å². The third kappa shape index (κ3) is 4.37. The van der Waals surface area contributed by atoms with Crippen LogP contribution in [0.2, 0.25) is 0 Å². The summed E-state index contributed by atoms with van der Waals surface area (Å²) in [5.41, 5.74) is 0.701. The number of thioether (sulfide) groups is 1. The van der Waals surface area contributed by atoms with Crippen LogP contribution < -0.4 is 5.32 Å². The van der Waals surface area contributed by atoms with Gasteiger partial charge in [0.15, 0.2) is 0 Å². The van der Waals surface area contributed by atoms with E-state index < -0.39 is 12.0 Å². The standard InChI is InChI=1S/C14H18N2O4S/c1-21-12-4-2-3-10(7-12)15-14(19)16-5-6-20-9-11(16)8-13(17)18/h2-4,7,11H,5-6,8-9H2,1H3,(H,15,19)(H,17,18). The third-order valence-corrected chi connectivity index (χ3v) is 3.94. The van der Waals surface area contributed by atoms with Crippen LogP contribution in [0.15, 0.2) is 29.2 Å². The summed E-state index contributed by atoms with van der Waals surface area (Å²) in [4.78, 5) is 25.8. The summed E-state index contributed by atoms with van der Waals surface area (Å²) < 4.78 is 5.26. The van der Waals surface area contributed by atoms with Gasteiger partial charge in [-0.3, -0.25) is 4.79 Å². The molecule has 7 heteroatoms. The molecule has 0 radical (unpaired) electrons. The van der Waals surface area contributed by atoms with E-state index in [4.69, 9.17) is 9.84 Å². The molecule has 1 heterocycles. The second-order valence-corrected chi connectivity index (χ2v) is 5.56. The number of carbonyl (C=O) groups is 2. The molecule has 1 aromatic rings. The molecule has 2 amide bonds. The van der Waals surface area contributed by atoms with Crippen molar-refractivity contribution in [2.45, 2.75) is 17.4 Å². The molecule has 1 fully saturated rings. The smallest absolute Gasteiger partial charge is 0.322 e. The van der Waals surface area contributed by atoms with Gasteiger partial charge in [-0.05, 0) is 24.5 Å². The molecule has 1 aliphatic rings. The highest BCUT2D eigenvalue weighted by atomic mass is 32.2. The van der Waals surface area contributed by atoms with Gasteiger partial charge in [0, 0.05) is 17.1 Å². The lowest BCUT2D eigenvalue weighted by Gasteiger charge is -2.34. The van der Waals surface area contributed by atoms with E-state index in [0.717, 1.165) is 4.90 Å². The second-order valence-electron chi connectivity index (χ2n) is 4.68. The first-order chi connectivity index (χ1) is 10.1. The Hall–Kier alpha value is -1.73. The molecule has 0 aliphatic carbocycles. The second kappa shape index (κ2) is 7.33. The molecule has 0 saturated carbocycles. The van der Waals surface area contributed by atoms with Crippen LogP contribution >= 0.6 is 11.8 Å². The number of carbonyl (C=O) groups excluding carboxylic acids is 1. The van der Waals surface area contributed by atoms with Gasteiger partial charge in [-0.2, -0.15) is 0 Å². The van der Waals surface area contributed by atoms with Crippen molar-refractivity contribution in [3.05, 3.63) is 24.3 Å². The molecule has 2 rings (SSSR count). The predicted molar refractivity (Wildman–Crippen MR) is 80.8 cm³/mol. The van der Waals surface area contributed by atoms with Crippen LogP contribution in [0.25, 0.3) is 0 Å². The van der Waals surface area contributed by atoms with Crippen LogP contribution in [0.5, 0.6) is 0 Å². The molecule has 1 aromatic carbocycles. The number of anilines is 1. The minimum atomic E-state index is -0.937. The summed E-state index contributed by atoms with van der Waals surface area (Å²) >= 11 is 1.59. The molecule has 1 atom stereocenters. The zero-order valence-electron chi connectivity index (χ0n) is 11.7. The maximum atomic E-state index is 12.3. The van der Waals surface area contributed by atoms with E-state index in [9.17, 15) is 9.59 Å². The number of urea groups is 1. The number of rotatable bonds is 4. The Labute approximate surface area is 127 Å². The number of aliphatic carboxylic acids is 1. The molecule has 0 bridgehead atoms. The van der Waals surface area contributed by atoms with E-state index in [0.29, 0.717) is 18.8 Å². The molecule has 1 aliphatic heterocycles. The van der Waals surface area contributed by atoms with E-state index in [-0.39, 0.29) is 19.1 Å². The molecule has 2 N–H and O–H groups in total. The zero-order chi connectivity index (χ0) is 15.2. The van der Waals surface area contributed by atoms with E-state index in [1.807, 2.05) is 30.5 Å². The van der Waals surface area contributed by atoms with Gasteiger partial charge < -0.3 is 20.1 Å². The molecule has 1 unspecified atom stereocenters. The fourth-order valence-corrected chi connectivity index (χ4v) is 2.65. The van der Waals surface area contributed by atoms with Crippen molar-refractivity contribution in [1.82, 2.24) is 4.90 Å². The number of carboxylic acid groups (broad SMARTS) is 1. The SMILES string of the molecule is CSc1cccc(NC(=O)N2CCOCC2CC(=O)O)c1. The summed E-state index contributed by atoms with van der Waals surface area (Å²) in [5.74, 6) is -0.937. The third-order valence-electron chi connectivity index (χ3n) is 3.22. The van der Waals surface area contributed by atoms with Crippen LogP contribution in [0.3, 0.4) is 0 Å². The van der Waals surface area contributed by atoms with Crippen LogP contribution in [0, 0.1) is 0 Å². The molecule has 21 heavy (non-hydrogen) atoms. The Morgan fingerprint density at radius 1 is 1.52 bits per heavy atom. The highest BCUT2D eigenvalue weighted by Gasteiger charge is 2.29. The molecular formula is C14H18N2O4S. The van der Waals surface area contributed by atoms with Crippen molar-refractivity contribution in [2.75, 3.05) is 31.3 Å². The quantitative estimate of drug-likeness (QED) is 0.833. The van der Waals surface area contributed by atoms with Crippen molar-refractivity contribution in [1.29, 1.82) is 0 Å². The Morgan fingerprint density at radius 3 is 3.05 bits per heavy atom. The molecule has 0 spiro atoms. The van der Waals surface area contributed by atoms with Crippen molar-refractivity contribution >= 4 is 29.4 Å². The first-order valence-electron chi connectivity index (χ1n) is 6.61. The van der Waals surface area contributed by atoms with Gasteiger partial charge in [-0.15, -0.1) is 11.8 Å². The van der Waals surface area contributed by atoms with Gasteiger partial charge in [0.05, 0.1) is 25.7 Å². The number of ether oxygens (including phenoxy) is 1. The Balaban J connectivity index is 2.04. The first kappa shape index (κ1) is 15.7. The Bertz CT molecular complexity index is 523. The van der Waals surface area contributed by atoms with Crippen LogP contribution in [0.1, 0.15) is 6.42 Å². The number of nitrogens with zero attached hydrogens (tertiary/aromatic N) is 1. The van der Waals surface area contributed by atoms with Crippen molar-refractivity contribution in [2.24, 2.45) is 0 Å². The lowest BCUT2D eigenvalue weighted by molar-refractivity contribution is -0.139. The summed E-state index contributed by atoms with van der Waals surface area (Å²) in [6, 6.07) is 6.81. The van der Waals surface area contributed by atoms with Crippen LogP contribution in [0.4, 0.5) is 10.5 Å². The molecular weight excluding hydrogens is 292 g/mol. The fraction of sp³-hybridized carbons (Fsp3) is 0.429. The predicted octanol–water partition coefficient (Wildman–Crippen LogP) is 2.12. The van der Waals surface area contributed by atoms with Gasteiger partial charge >= 0.3 is 12.0 Å². The Morgan fingerprint density at radius 2 is 2.33 bits per heavy atom. The number of nitrogens with one attached hydrogen (secondary N) is 1. The number of benzene rings is 1. The summed E-state index contributed by atoms with van der Waals surface area (Å²) in [7, 11) is 0. The Kier molecular flexibility index (Phi) is 5.46. The first-order valence-corrected chi connectivity index (χ1v) is 7.84. The van der Waals surface area contributed by atoms with E-state index in [1.165, 1.54) is 4.90 Å². The molecule has 1 saturated heterocycles. The monoisotopic (exact) mass is 310 g/mol. The summed E-state index contributed by atoms with van der Waals surface area (Å²) in [5, 5.41) is 11.7. The number of morpholine rings is 1. The fourth-order valence-electron chi connectivity index (χ4n) is 2.19. The average molecular weight is 310 g/mol. The largest absolute Gasteiger partial charge is 0.481 e. The van der Waals surface area contributed by atoms with E-state index in [2.05, 4.69) is 5.32 Å². The highest BCUT2D eigenvalue weighted by Crippen LogP contribution is 2.20. The highest BCUT2D eigenvalue weighted by molar-refractivity contribution is 7.98.